The quantitative estimate of drug-likeness (QED) is 0.0892. The fraction of sp³-hybridized carbons (Fsp3) is 0.0462. The molecule has 0 fully saturated rings. The SMILES string of the molecule is C=C/C=C(\CN(c1ccc(-c2ccccc2)cc1)c1cc2cc(N(c3ccc(-c4ccccc4)cc3)c3ccc(-c4ccccc4)cc3)c3ccccc3c2c2c1C=CCC2)c1ccccc1. The van der Waals surface area contributed by atoms with E-state index in [9.17, 15) is 0 Å². The average Bonchev–Trinajstić information content (AvgIpc) is 3.41. The molecule has 0 aliphatic heterocycles. The van der Waals surface area contributed by atoms with Gasteiger partial charge in [0.25, 0.3) is 0 Å². The molecule has 11 rings (SSSR count). The first-order valence-electron chi connectivity index (χ1n) is 23.3. The zero-order chi connectivity index (χ0) is 44.9. The molecule has 0 aromatic heterocycles. The number of rotatable bonds is 12. The van der Waals surface area contributed by atoms with Crippen molar-refractivity contribution in [2.24, 2.45) is 0 Å². The summed E-state index contributed by atoms with van der Waals surface area (Å²) in [7, 11) is 0. The van der Waals surface area contributed by atoms with Crippen molar-refractivity contribution in [2.75, 3.05) is 16.3 Å². The van der Waals surface area contributed by atoms with Crippen molar-refractivity contribution < 1.29 is 0 Å². The summed E-state index contributed by atoms with van der Waals surface area (Å²) in [6.45, 7) is 4.82. The number of hydrogen-bond acceptors (Lipinski definition) is 2. The van der Waals surface area contributed by atoms with Crippen LogP contribution in [-0.2, 0) is 6.42 Å². The summed E-state index contributed by atoms with van der Waals surface area (Å²) in [6, 6.07) is 83.7. The highest BCUT2D eigenvalue weighted by Gasteiger charge is 2.25. The second-order valence-electron chi connectivity index (χ2n) is 17.2. The molecule has 0 atom stereocenters. The third-order valence-corrected chi connectivity index (χ3v) is 13.2. The van der Waals surface area contributed by atoms with Crippen molar-refractivity contribution in [3.63, 3.8) is 0 Å². The van der Waals surface area contributed by atoms with Gasteiger partial charge in [-0.3, -0.25) is 0 Å². The maximum absolute atomic E-state index is 4.17. The van der Waals surface area contributed by atoms with Gasteiger partial charge in [0, 0.05) is 40.2 Å². The van der Waals surface area contributed by atoms with E-state index in [0.29, 0.717) is 6.54 Å². The molecule has 0 amide bonds. The molecule has 10 aromatic rings. The zero-order valence-corrected chi connectivity index (χ0v) is 37.5. The number of anilines is 5. The lowest BCUT2D eigenvalue weighted by Gasteiger charge is -2.32. The van der Waals surface area contributed by atoms with E-state index in [-0.39, 0.29) is 0 Å². The third kappa shape index (κ3) is 8.27. The Balaban J connectivity index is 1.13. The van der Waals surface area contributed by atoms with Crippen LogP contribution in [0.4, 0.5) is 28.4 Å². The Morgan fingerprint density at radius 3 is 1.43 bits per heavy atom. The summed E-state index contributed by atoms with van der Waals surface area (Å²) in [5.74, 6) is 0. The summed E-state index contributed by atoms with van der Waals surface area (Å²) in [5, 5.41) is 5.01. The van der Waals surface area contributed by atoms with Crippen molar-refractivity contribution in [3.05, 3.63) is 272 Å². The lowest BCUT2D eigenvalue weighted by Crippen LogP contribution is -2.21. The van der Waals surface area contributed by atoms with Crippen LogP contribution < -0.4 is 9.80 Å². The van der Waals surface area contributed by atoms with Crippen LogP contribution in [0, 0.1) is 0 Å². The molecule has 0 N–H and O–H groups in total. The van der Waals surface area contributed by atoms with E-state index in [1.54, 1.807) is 0 Å². The Bertz CT molecular complexity index is 3310. The van der Waals surface area contributed by atoms with Crippen LogP contribution >= 0.6 is 0 Å². The molecule has 0 radical (unpaired) electrons. The minimum atomic E-state index is 0.653. The monoisotopic (exact) mass is 858 g/mol. The lowest BCUT2D eigenvalue weighted by molar-refractivity contribution is 0.991. The molecule has 0 heterocycles. The van der Waals surface area contributed by atoms with Gasteiger partial charge in [0.2, 0.25) is 0 Å². The van der Waals surface area contributed by atoms with E-state index in [1.807, 2.05) is 6.08 Å². The van der Waals surface area contributed by atoms with Crippen molar-refractivity contribution in [1.82, 2.24) is 0 Å². The van der Waals surface area contributed by atoms with Gasteiger partial charge in [0.1, 0.15) is 0 Å². The van der Waals surface area contributed by atoms with Crippen LogP contribution in [0.5, 0.6) is 0 Å². The molecule has 1 aliphatic carbocycles. The number of allylic oxidation sites excluding steroid dienone is 3. The highest BCUT2D eigenvalue weighted by Crippen LogP contribution is 2.47. The fourth-order valence-corrected chi connectivity index (χ4v) is 9.90. The van der Waals surface area contributed by atoms with Crippen LogP contribution in [-0.4, -0.2) is 6.54 Å². The predicted octanol–water partition coefficient (Wildman–Crippen LogP) is 17.8. The van der Waals surface area contributed by atoms with Crippen molar-refractivity contribution >= 4 is 61.6 Å². The van der Waals surface area contributed by atoms with Gasteiger partial charge in [0.15, 0.2) is 0 Å². The van der Waals surface area contributed by atoms with Gasteiger partial charge < -0.3 is 9.80 Å². The minimum absolute atomic E-state index is 0.653. The highest BCUT2D eigenvalue weighted by molar-refractivity contribution is 6.17. The number of hydrogen-bond donors (Lipinski definition) is 0. The molecule has 0 saturated heterocycles. The Kier molecular flexibility index (Phi) is 11.4. The summed E-state index contributed by atoms with van der Waals surface area (Å²) >= 11 is 0. The smallest absolute Gasteiger partial charge is 0.0546 e. The summed E-state index contributed by atoms with van der Waals surface area (Å²) < 4.78 is 0. The van der Waals surface area contributed by atoms with Crippen LogP contribution in [0.1, 0.15) is 23.1 Å². The Morgan fingerprint density at radius 1 is 0.463 bits per heavy atom. The molecule has 67 heavy (non-hydrogen) atoms. The van der Waals surface area contributed by atoms with E-state index in [0.717, 1.165) is 35.6 Å². The molecular weight excluding hydrogens is 809 g/mol. The van der Waals surface area contributed by atoms with Gasteiger partial charge in [-0.1, -0.05) is 213 Å². The molecule has 10 aromatic carbocycles. The zero-order valence-electron chi connectivity index (χ0n) is 37.5. The number of fused-ring (bicyclic) bond motifs is 5. The Morgan fingerprint density at radius 2 is 0.910 bits per heavy atom. The largest absolute Gasteiger partial charge is 0.336 e. The van der Waals surface area contributed by atoms with Gasteiger partial charge in [-0.2, -0.15) is 0 Å². The van der Waals surface area contributed by atoms with Crippen LogP contribution in [0.3, 0.4) is 0 Å². The summed E-state index contributed by atoms with van der Waals surface area (Å²) in [4.78, 5) is 4.97. The predicted molar refractivity (Wildman–Crippen MR) is 288 cm³/mol. The molecule has 0 unspecified atom stereocenters. The van der Waals surface area contributed by atoms with E-state index >= 15 is 0 Å². The van der Waals surface area contributed by atoms with Crippen LogP contribution in [0.2, 0.25) is 0 Å². The maximum Gasteiger partial charge on any atom is 0.0546 e. The fourth-order valence-electron chi connectivity index (χ4n) is 9.90. The van der Waals surface area contributed by atoms with Gasteiger partial charge >= 0.3 is 0 Å². The van der Waals surface area contributed by atoms with Crippen molar-refractivity contribution in [2.45, 2.75) is 12.8 Å². The van der Waals surface area contributed by atoms with E-state index in [1.165, 1.54) is 82.9 Å². The molecule has 2 nitrogen and oxygen atoms in total. The van der Waals surface area contributed by atoms with Gasteiger partial charge in [-0.15, -0.1) is 0 Å². The molecule has 0 spiro atoms. The second-order valence-corrected chi connectivity index (χ2v) is 17.2. The van der Waals surface area contributed by atoms with E-state index < -0.39 is 0 Å². The number of benzene rings is 10. The highest BCUT2D eigenvalue weighted by atomic mass is 15.1. The van der Waals surface area contributed by atoms with Gasteiger partial charge in [-0.05, 0) is 128 Å². The normalized spacial score (nSPS) is 12.2. The average molecular weight is 859 g/mol. The van der Waals surface area contributed by atoms with Crippen molar-refractivity contribution in [3.8, 4) is 33.4 Å². The van der Waals surface area contributed by atoms with E-state index in [4.69, 9.17) is 0 Å². The van der Waals surface area contributed by atoms with E-state index in [2.05, 4.69) is 265 Å². The first kappa shape index (κ1) is 41.3. The second kappa shape index (κ2) is 18.6. The summed E-state index contributed by atoms with van der Waals surface area (Å²) in [6.07, 6.45) is 10.8. The molecule has 0 bridgehead atoms. The maximum atomic E-state index is 4.17. The third-order valence-electron chi connectivity index (χ3n) is 13.2. The van der Waals surface area contributed by atoms with Gasteiger partial charge in [0.05, 0.1) is 5.69 Å². The Labute approximate surface area is 394 Å². The Hall–Kier alpha value is -8.46. The molecule has 1 aliphatic rings. The first-order valence-corrected chi connectivity index (χ1v) is 23.3. The minimum Gasteiger partial charge on any atom is -0.336 e. The molecule has 0 saturated carbocycles. The number of nitrogens with zero attached hydrogens (tertiary/aromatic N) is 2. The standard InChI is InChI=1S/C65H50N2/c1-2-19-54(50-26-13-6-14-27-50)46-66(56-38-32-51(33-39-56)47-20-7-3-8-21-47)63-44-55-45-64(60-29-16-18-31-62(60)65(55)61-30-17-15-28-59(61)63)67(57-40-34-52(35-41-57)48-22-9-4-10-23-48)58-42-36-53(37-43-58)49-24-11-5-12-25-49/h2-16,18-29,31-45H,1,17,30,46H2/b54-19+. The lowest BCUT2D eigenvalue weighted by atomic mass is 9.86. The first-order chi connectivity index (χ1) is 33.2. The van der Waals surface area contributed by atoms with Crippen LogP contribution in [0.15, 0.2) is 255 Å². The van der Waals surface area contributed by atoms with Gasteiger partial charge in [-0.25, -0.2) is 0 Å². The topological polar surface area (TPSA) is 6.48 Å². The van der Waals surface area contributed by atoms with Crippen LogP contribution in [0.25, 0.3) is 66.6 Å². The van der Waals surface area contributed by atoms with Crippen molar-refractivity contribution in [1.29, 1.82) is 0 Å². The molecule has 320 valence electrons. The summed E-state index contributed by atoms with van der Waals surface area (Å²) in [5.41, 5.74) is 17.9. The number of aryl methyl sites for hydroxylation is 1. The molecular formula is C65H50N2. The molecule has 2 heteroatoms.